The molecule has 0 amide bonds. The molecule has 0 spiro atoms. The van der Waals surface area contributed by atoms with Crippen molar-refractivity contribution in [3.8, 4) is 0 Å². The smallest absolute Gasteiger partial charge is 0.181 e. The molecule has 0 heterocycles. The van der Waals surface area contributed by atoms with Crippen LogP contribution in [-0.4, -0.2) is 24.7 Å². The third kappa shape index (κ3) is 2.80. The predicted octanol–water partition coefficient (Wildman–Crippen LogP) is 1.43. The second-order valence-electron chi connectivity index (χ2n) is 1.10. The zero-order chi connectivity index (χ0) is 6.41. The van der Waals surface area contributed by atoms with Crippen molar-refractivity contribution < 1.29 is 0 Å². The third-order valence-electron chi connectivity index (χ3n) is 0.613. The van der Waals surface area contributed by atoms with Crippen molar-refractivity contribution >= 4 is 23.1 Å². The van der Waals surface area contributed by atoms with E-state index in [-0.39, 0.29) is 0 Å². The minimum atomic E-state index is 0.826. The Morgan fingerprint density at radius 3 is 2.38 bits per heavy atom. The molecule has 0 aliphatic rings. The molecule has 0 rings (SSSR count). The van der Waals surface area contributed by atoms with Crippen LogP contribution in [0.25, 0.3) is 0 Å². The summed E-state index contributed by atoms with van der Waals surface area (Å²) in [6.45, 7) is 1.88. The third-order valence-corrected chi connectivity index (χ3v) is 1.27. The van der Waals surface area contributed by atoms with Crippen LogP contribution in [0.2, 0.25) is 0 Å². The minimum absolute atomic E-state index is 0.826. The zero-order valence-corrected chi connectivity index (χ0v) is 6.20. The number of nitrogens with zero attached hydrogens (tertiary/aromatic N) is 2. The van der Waals surface area contributed by atoms with E-state index in [1.165, 1.54) is 0 Å². The number of hydrogen-bond donors (Lipinski definition) is 0. The van der Waals surface area contributed by atoms with Crippen LogP contribution >= 0.6 is 11.8 Å². The van der Waals surface area contributed by atoms with Gasteiger partial charge in [0.1, 0.15) is 0 Å². The Hall–Kier alpha value is -0.310. The van der Waals surface area contributed by atoms with Crippen molar-refractivity contribution in [2.24, 2.45) is 9.98 Å². The van der Waals surface area contributed by atoms with Crippen molar-refractivity contribution in [1.29, 1.82) is 0 Å². The van der Waals surface area contributed by atoms with Crippen LogP contribution in [0.1, 0.15) is 6.92 Å². The van der Waals surface area contributed by atoms with Crippen molar-refractivity contribution in [1.82, 2.24) is 0 Å². The fourth-order valence-electron chi connectivity index (χ4n) is 0.312. The second kappa shape index (κ2) is 4.84. The van der Waals surface area contributed by atoms with Crippen LogP contribution < -0.4 is 0 Å². The lowest BCUT2D eigenvalue weighted by Crippen LogP contribution is -1.83. The van der Waals surface area contributed by atoms with Crippen LogP contribution in [-0.2, 0) is 0 Å². The molecule has 0 aliphatic carbocycles. The Morgan fingerprint density at radius 2 is 2.25 bits per heavy atom. The van der Waals surface area contributed by atoms with Gasteiger partial charge in [-0.3, -0.25) is 4.99 Å². The van der Waals surface area contributed by atoms with Gasteiger partial charge in [-0.1, -0.05) is 11.8 Å². The fourth-order valence-corrected chi connectivity index (χ4v) is 0.706. The highest BCUT2D eigenvalue weighted by atomic mass is 32.2. The Morgan fingerprint density at radius 1 is 1.62 bits per heavy atom. The van der Waals surface area contributed by atoms with Gasteiger partial charge < -0.3 is 0 Å². The van der Waals surface area contributed by atoms with E-state index in [2.05, 4.69) is 9.98 Å². The normalized spacial score (nSPS) is 13.1. The summed E-state index contributed by atoms with van der Waals surface area (Å²) < 4.78 is 0. The van der Waals surface area contributed by atoms with Gasteiger partial charge in [-0.2, -0.15) is 0 Å². The van der Waals surface area contributed by atoms with Crippen molar-refractivity contribution in [2.75, 3.05) is 13.3 Å². The van der Waals surface area contributed by atoms with E-state index in [0.29, 0.717) is 0 Å². The molecule has 0 aromatic rings. The van der Waals surface area contributed by atoms with Gasteiger partial charge in [0.25, 0.3) is 0 Å². The van der Waals surface area contributed by atoms with Gasteiger partial charge in [-0.05, 0) is 13.2 Å². The first-order valence-corrected chi connectivity index (χ1v) is 3.57. The topological polar surface area (TPSA) is 24.7 Å². The number of hydrogen-bond acceptors (Lipinski definition) is 2. The molecule has 2 nitrogen and oxygen atoms in total. The van der Waals surface area contributed by atoms with E-state index in [0.717, 1.165) is 5.17 Å². The van der Waals surface area contributed by atoms with Crippen LogP contribution in [0.5, 0.6) is 0 Å². The predicted molar refractivity (Wildman–Crippen MR) is 41.0 cm³/mol. The van der Waals surface area contributed by atoms with Crippen molar-refractivity contribution in [3.63, 3.8) is 0 Å². The van der Waals surface area contributed by atoms with Crippen LogP contribution in [0.3, 0.4) is 0 Å². The summed E-state index contributed by atoms with van der Waals surface area (Å²) in [5.74, 6) is 0. The standard InChI is InChI=1S/C5H10N2S/c1-4-7-5(6-2)8-3/h4H,1-3H3. The average Bonchev–Trinajstić information content (AvgIpc) is 1.83. The van der Waals surface area contributed by atoms with Gasteiger partial charge in [0.05, 0.1) is 0 Å². The molecule has 46 valence electrons. The van der Waals surface area contributed by atoms with Gasteiger partial charge in [0.15, 0.2) is 5.17 Å². The van der Waals surface area contributed by atoms with Crippen molar-refractivity contribution in [2.45, 2.75) is 6.92 Å². The summed E-state index contributed by atoms with van der Waals surface area (Å²) in [4.78, 5) is 7.83. The molecule has 3 heteroatoms. The summed E-state index contributed by atoms with van der Waals surface area (Å²) in [6, 6.07) is 0. The van der Waals surface area contributed by atoms with Crippen LogP contribution in [0, 0.1) is 0 Å². The first-order valence-electron chi connectivity index (χ1n) is 2.34. The average molecular weight is 130 g/mol. The molecule has 0 saturated carbocycles. The molecule has 0 fully saturated rings. The fraction of sp³-hybridized carbons (Fsp3) is 0.600. The first-order chi connectivity index (χ1) is 3.85. The maximum absolute atomic E-state index is 3.95. The second-order valence-corrected chi connectivity index (χ2v) is 1.87. The molecule has 0 bridgehead atoms. The lowest BCUT2D eigenvalue weighted by molar-refractivity contribution is 1.44. The number of amidine groups is 1. The minimum Gasteiger partial charge on any atom is -0.264 e. The Kier molecular flexibility index (Phi) is 4.65. The van der Waals surface area contributed by atoms with E-state index in [4.69, 9.17) is 0 Å². The molecule has 8 heavy (non-hydrogen) atoms. The maximum atomic E-state index is 3.95. The molecule has 0 aliphatic heterocycles. The molecule has 0 aromatic heterocycles. The van der Waals surface area contributed by atoms with Crippen LogP contribution in [0.15, 0.2) is 9.98 Å². The lowest BCUT2D eigenvalue weighted by Gasteiger charge is -1.87. The summed E-state index contributed by atoms with van der Waals surface area (Å²) in [5.41, 5.74) is 0. The lowest BCUT2D eigenvalue weighted by atomic mass is 10.9. The molecule has 0 aromatic carbocycles. The van der Waals surface area contributed by atoms with E-state index in [1.807, 2.05) is 13.2 Å². The highest BCUT2D eigenvalue weighted by molar-refractivity contribution is 8.13. The SMILES string of the molecule is CC=NC(=NC)SC. The van der Waals surface area contributed by atoms with E-state index < -0.39 is 0 Å². The van der Waals surface area contributed by atoms with E-state index in [9.17, 15) is 0 Å². The molecule has 0 radical (unpaired) electrons. The van der Waals surface area contributed by atoms with E-state index >= 15 is 0 Å². The highest BCUT2D eigenvalue weighted by Crippen LogP contribution is 1.96. The van der Waals surface area contributed by atoms with E-state index in [1.54, 1.807) is 25.0 Å². The Bertz CT molecular complexity index is 104. The molecule has 0 N–H and O–H groups in total. The number of thioether (sulfide) groups is 1. The molecule has 0 atom stereocenters. The largest absolute Gasteiger partial charge is 0.264 e. The maximum Gasteiger partial charge on any atom is 0.181 e. The van der Waals surface area contributed by atoms with Gasteiger partial charge in [0.2, 0.25) is 0 Å². The summed E-state index contributed by atoms with van der Waals surface area (Å²) in [5, 5.41) is 0.826. The molecular formula is C5H10N2S. The summed E-state index contributed by atoms with van der Waals surface area (Å²) in [7, 11) is 1.73. The quantitative estimate of drug-likeness (QED) is 0.359. The number of rotatable bonds is 0. The zero-order valence-electron chi connectivity index (χ0n) is 5.38. The summed E-state index contributed by atoms with van der Waals surface area (Å²) in [6.07, 6.45) is 3.69. The van der Waals surface area contributed by atoms with Gasteiger partial charge in [-0.15, -0.1) is 0 Å². The van der Waals surface area contributed by atoms with Crippen LogP contribution in [0.4, 0.5) is 0 Å². The molecular weight excluding hydrogens is 120 g/mol. The first kappa shape index (κ1) is 7.69. The summed E-state index contributed by atoms with van der Waals surface area (Å²) >= 11 is 1.55. The Balaban J connectivity index is 3.72. The molecule has 0 unspecified atom stereocenters. The number of aliphatic imine (C=N–C) groups is 2. The van der Waals surface area contributed by atoms with Crippen molar-refractivity contribution in [3.05, 3.63) is 0 Å². The molecule has 0 saturated heterocycles. The monoisotopic (exact) mass is 130 g/mol. The highest BCUT2D eigenvalue weighted by Gasteiger charge is 1.83. The Labute approximate surface area is 54.1 Å². The van der Waals surface area contributed by atoms with Gasteiger partial charge in [-0.25, -0.2) is 4.99 Å². The van der Waals surface area contributed by atoms with Gasteiger partial charge >= 0.3 is 0 Å². The van der Waals surface area contributed by atoms with Gasteiger partial charge in [0, 0.05) is 13.3 Å².